The lowest BCUT2D eigenvalue weighted by Crippen LogP contribution is -2.04. The average molecular weight is 254 g/mol. The van der Waals surface area contributed by atoms with E-state index in [4.69, 9.17) is 0 Å². The zero-order valence-corrected chi connectivity index (χ0v) is 9.99. The van der Waals surface area contributed by atoms with E-state index in [1.54, 1.807) is 12.3 Å². The van der Waals surface area contributed by atoms with E-state index in [1.165, 1.54) is 12.3 Å². The maximum absolute atomic E-state index is 13.7. The van der Waals surface area contributed by atoms with Gasteiger partial charge in [-0.05, 0) is 12.1 Å². The molecular weight excluding hydrogens is 243 g/mol. The Morgan fingerprint density at radius 2 is 1.84 bits per heavy atom. The third-order valence-corrected chi connectivity index (χ3v) is 3.06. The van der Waals surface area contributed by atoms with Gasteiger partial charge in [0.2, 0.25) is 0 Å². The van der Waals surface area contributed by atoms with E-state index in [0.717, 1.165) is 11.6 Å². The largest absolute Gasteiger partial charge is 0.383 e. The van der Waals surface area contributed by atoms with Gasteiger partial charge < -0.3 is 5.11 Å². The molecule has 0 fully saturated rings. The smallest absolute Gasteiger partial charge is 0.147 e. The van der Waals surface area contributed by atoms with Crippen molar-refractivity contribution in [1.82, 2.24) is 9.97 Å². The second kappa shape index (κ2) is 4.74. The Bertz CT molecular complexity index is 725. The van der Waals surface area contributed by atoms with E-state index >= 15 is 0 Å². The predicted octanol–water partition coefficient (Wildman–Crippen LogP) is 2.85. The first-order chi connectivity index (χ1) is 9.27. The fourth-order valence-corrected chi connectivity index (χ4v) is 2.12. The Morgan fingerprint density at radius 3 is 2.68 bits per heavy atom. The standard InChI is InChI=1S/C15H11FN2O/c16-13-9-17-8-6-11(13)15(19)12-5-1-3-10-4-2-7-18-14(10)12/h1-9,15,19H. The Hall–Kier alpha value is -2.33. The molecule has 0 aliphatic rings. The molecule has 2 aromatic heterocycles. The van der Waals surface area contributed by atoms with Crippen molar-refractivity contribution in [3.05, 3.63) is 71.9 Å². The molecular formula is C15H11FN2O. The number of hydrogen-bond acceptors (Lipinski definition) is 3. The van der Waals surface area contributed by atoms with Crippen LogP contribution in [0, 0.1) is 5.82 Å². The number of para-hydroxylation sites is 1. The van der Waals surface area contributed by atoms with Crippen molar-refractivity contribution in [3.8, 4) is 0 Å². The highest BCUT2D eigenvalue weighted by atomic mass is 19.1. The van der Waals surface area contributed by atoms with Crippen LogP contribution in [0.5, 0.6) is 0 Å². The summed E-state index contributed by atoms with van der Waals surface area (Å²) in [7, 11) is 0. The summed E-state index contributed by atoms with van der Waals surface area (Å²) in [5, 5.41) is 11.3. The number of benzene rings is 1. The molecule has 4 heteroatoms. The van der Waals surface area contributed by atoms with Crippen molar-refractivity contribution in [2.24, 2.45) is 0 Å². The van der Waals surface area contributed by atoms with Gasteiger partial charge in [-0.25, -0.2) is 4.39 Å². The summed E-state index contributed by atoms with van der Waals surface area (Å²) >= 11 is 0. The molecule has 0 aliphatic heterocycles. The number of pyridine rings is 2. The normalized spacial score (nSPS) is 12.5. The molecule has 0 saturated heterocycles. The zero-order valence-electron chi connectivity index (χ0n) is 9.99. The molecule has 0 radical (unpaired) electrons. The number of aliphatic hydroxyl groups is 1. The van der Waals surface area contributed by atoms with Crippen molar-refractivity contribution in [2.45, 2.75) is 6.10 Å². The highest BCUT2D eigenvalue weighted by Gasteiger charge is 2.17. The zero-order chi connectivity index (χ0) is 13.2. The van der Waals surface area contributed by atoms with E-state index in [0.29, 0.717) is 11.1 Å². The number of fused-ring (bicyclic) bond motifs is 1. The van der Waals surface area contributed by atoms with Crippen LogP contribution in [-0.2, 0) is 0 Å². The summed E-state index contributed by atoms with van der Waals surface area (Å²) < 4.78 is 13.7. The van der Waals surface area contributed by atoms with E-state index in [-0.39, 0.29) is 5.56 Å². The molecule has 1 N–H and O–H groups in total. The minimum absolute atomic E-state index is 0.202. The van der Waals surface area contributed by atoms with Gasteiger partial charge in [-0.2, -0.15) is 0 Å². The lowest BCUT2D eigenvalue weighted by Gasteiger charge is -2.13. The summed E-state index contributed by atoms with van der Waals surface area (Å²) in [6.07, 6.45) is 3.15. The van der Waals surface area contributed by atoms with Crippen molar-refractivity contribution < 1.29 is 9.50 Å². The van der Waals surface area contributed by atoms with Gasteiger partial charge in [0.05, 0.1) is 11.7 Å². The second-order valence-corrected chi connectivity index (χ2v) is 4.22. The molecule has 0 saturated carbocycles. The van der Waals surface area contributed by atoms with Crippen LogP contribution >= 0.6 is 0 Å². The van der Waals surface area contributed by atoms with Crippen LogP contribution in [0.25, 0.3) is 10.9 Å². The number of aliphatic hydroxyl groups excluding tert-OH is 1. The number of nitrogens with zero attached hydrogens (tertiary/aromatic N) is 2. The van der Waals surface area contributed by atoms with Gasteiger partial charge in [0, 0.05) is 28.9 Å². The van der Waals surface area contributed by atoms with Gasteiger partial charge in [-0.15, -0.1) is 0 Å². The fraction of sp³-hybridized carbons (Fsp3) is 0.0667. The van der Waals surface area contributed by atoms with E-state index < -0.39 is 11.9 Å². The number of aromatic nitrogens is 2. The van der Waals surface area contributed by atoms with Crippen molar-refractivity contribution in [3.63, 3.8) is 0 Å². The van der Waals surface area contributed by atoms with E-state index in [9.17, 15) is 9.50 Å². The molecule has 0 aliphatic carbocycles. The van der Waals surface area contributed by atoms with Gasteiger partial charge in [0.15, 0.2) is 0 Å². The SMILES string of the molecule is OC(c1ccncc1F)c1cccc2cccnc12. The minimum Gasteiger partial charge on any atom is -0.383 e. The maximum Gasteiger partial charge on any atom is 0.147 e. The molecule has 19 heavy (non-hydrogen) atoms. The van der Waals surface area contributed by atoms with Crippen LogP contribution in [0.3, 0.4) is 0 Å². The molecule has 1 aromatic carbocycles. The van der Waals surface area contributed by atoms with Crippen molar-refractivity contribution in [1.29, 1.82) is 0 Å². The van der Waals surface area contributed by atoms with Crippen LogP contribution in [-0.4, -0.2) is 15.1 Å². The van der Waals surface area contributed by atoms with Crippen molar-refractivity contribution in [2.75, 3.05) is 0 Å². The van der Waals surface area contributed by atoms with Gasteiger partial charge in [0.25, 0.3) is 0 Å². The first-order valence-electron chi connectivity index (χ1n) is 5.88. The van der Waals surface area contributed by atoms with E-state index in [1.807, 2.05) is 24.3 Å². The Labute approximate surface area is 109 Å². The minimum atomic E-state index is -1.05. The van der Waals surface area contributed by atoms with Gasteiger partial charge in [-0.1, -0.05) is 24.3 Å². The van der Waals surface area contributed by atoms with E-state index in [2.05, 4.69) is 9.97 Å². The quantitative estimate of drug-likeness (QED) is 0.764. The second-order valence-electron chi connectivity index (χ2n) is 4.22. The van der Waals surface area contributed by atoms with Crippen LogP contribution in [0.4, 0.5) is 4.39 Å². The van der Waals surface area contributed by atoms with Crippen molar-refractivity contribution >= 4 is 10.9 Å². The maximum atomic E-state index is 13.7. The first-order valence-corrected chi connectivity index (χ1v) is 5.88. The summed E-state index contributed by atoms with van der Waals surface area (Å²) in [5.74, 6) is -0.525. The molecule has 94 valence electrons. The highest BCUT2D eigenvalue weighted by molar-refractivity contribution is 5.82. The molecule has 2 heterocycles. The van der Waals surface area contributed by atoms with Crippen LogP contribution in [0.1, 0.15) is 17.2 Å². The molecule has 0 amide bonds. The lowest BCUT2D eigenvalue weighted by atomic mass is 9.99. The molecule has 3 nitrogen and oxygen atoms in total. The third kappa shape index (κ3) is 2.06. The Morgan fingerprint density at radius 1 is 1.00 bits per heavy atom. The summed E-state index contributed by atoms with van der Waals surface area (Å²) in [4.78, 5) is 7.94. The number of rotatable bonds is 2. The Balaban J connectivity index is 2.17. The summed E-state index contributed by atoms with van der Waals surface area (Å²) in [6.45, 7) is 0. The first kappa shape index (κ1) is 11.7. The predicted molar refractivity (Wildman–Crippen MR) is 70.0 cm³/mol. The molecule has 1 atom stereocenters. The van der Waals surface area contributed by atoms with Gasteiger partial charge in [-0.3, -0.25) is 9.97 Å². The highest BCUT2D eigenvalue weighted by Crippen LogP contribution is 2.28. The van der Waals surface area contributed by atoms with Gasteiger partial charge >= 0.3 is 0 Å². The van der Waals surface area contributed by atoms with Gasteiger partial charge in [0.1, 0.15) is 11.9 Å². The monoisotopic (exact) mass is 254 g/mol. The molecule has 0 spiro atoms. The summed E-state index contributed by atoms with van der Waals surface area (Å²) in [5.41, 5.74) is 1.46. The molecule has 0 bridgehead atoms. The third-order valence-electron chi connectivity index (χ3n) is 3.06. The number of halogens is 1. The summed E-state index contributed by atoms with van der Waals surface area (Å²) in [6, 6.07) is 10.7. The number of hydrogen-bond donors (Lipinski definition) is 1. The fourth-order valence-electron chi connectivity index (χ4n) is 2.12. The molecule has 3 rings (SSSR count). The average Bonchev–Trinajstić information content (AvgIpc) is 2.46. The van der Waals surface area contributed by atoms with Crippen LogP contribution in [0.2, 0.25) is 0 Å². The lowest BCUT2D eigenvalue weighted by molar-refractivity contribution is 0.216. The molecule has 1 unspecified atom stereocenters. The van der Waals surface area contributed by atoms with Crippen LogP contribution in [0.15, 0.2) is 55.0 Å². The topological polar surface area (TPSA) is 46.0 Å². The molecule has 3 aromatic rings. The van der Waals surface area contributed by atoms with Crippen LogP contribution < -0.4 is 0 Å². The Kier molecular flexibility index (Phi) is 2.93.